The Hall–Kier alpha value is -3.02. The zero-order valence-corrected chi connectivity index (χ0v) is 12.8. The van der Waals surface area contributed by atoms with E-state index in [9.17, 15) is 4.79 Å². The molecule has 118 valence electrons. The topological polar surface area (TPSA) is 69.2 Å². The van der Waals surface area contributed by atoms with Gasteiger partial charge in [0.1, 0.15) is 0 Å². The summed E-state index contributed by atoms with van der Waals surface area (Å²) in [5.74, 6) is 1.48. The number of carbonyl (C=O) groups excluding carboxylic acids is 1. The maximum atomic E-state index is 12.1. The second-order valence-corrected chi connectivity index (χ2v) is 4.97. The molecule has 3 rings (SSSR count). The summed E-state index contributed by atoms with van der Waals surface area (Å²) in [5, 5.41) is 3.98. The summed E-state index contributed by atoms with van der Waals surface area (Å²) in [6, 6.07) is 10.9. The van der Waals surface area contributed by atoms with Gasteiger partial charge < -0.3 is 14.2 Å². The summed E-state index contributed by atoms with van der Waals surface area (Å²) in [6.45, 7) is 2.04. The molecular formula is C17H16N2O4. The monoisotopic (exact) mass is 312 g/mol. The summed E-state index contributed by atoms with van der Waals surface area (Å²) in [5.41, 5.74) is 4.73. The maximum absolute atomic E-state index is 12.1. The van der Waals surface area contributed by atoms with E-state index in [0.29, 0.717) is 22.8 Å². The molecule has 0 aromatic heterocycles. The molecule has 1 N–H and O–H groups in total. The molecule has 0 saturated carbocycles. The lowest BCUT2D eigenvalue weighted by Crippen LogP contribution is -2.18. The molecule has 0 unspecified atom stereocenters. The Kier molecular flexibility index (Phi) is 4.14. The molecule has 0 radical (unpaired) electrons. The van der Waals surface area contributed by atoms with Crippen molar-refractivity contribution in [2.24, 2.45) is 5.10 Å². The molecule has 6 nitrogen and oxygen atoms in total. The fourth-order valence-corrected chi connectivity index (χ4v) is 2.28. The molecule has 1 aliphatic rings. The van der Waals surface area contributed by atoms with Crippen molar-refractivity contribution in [1.29, 1.82) is 0 Å². The van der Waals surface area contributed by atoms with E-state index < -0.39 is 0 Å². The Bertz CT molecular complexity index is 771. The van der Waals surface area contributed by atoms with Gasteiger partial charge in [-0.25, -0.2) is 5.43 Å². The van der Waals surface area contributed by atoms with E-state index in [0.717, 1.165) is 11.1 Å². The maximum Gasteiger partial charge on any atom is 0.271 e. The first-order chi connectivity index (χ1) is 11.2. The summed E-state index contributed by atoms with van der Waals surface area (Å²) in [6.07, 6.45) is 1.53. The Morgan fingerprint density at radius 2 is 2.13 bits per heavy atom. The van der Waals surface area contributed by atoms with Crippen LogP contribution >= 0.6 is 0 Å². The van der Waals surface area contributed by atoms with Crippen LogP contribution in [-0.2, 0) is 0 Å². The van der Waals surface area contributed by atoms with Crippen LogP contribution in [0.5, 0.6) is 17.2 Å². The molecule has 0 atom stereocenters. The number of amides is 1. The minimum absolute atomic E-state index is 0.163. The van der Waals surface area contributed by atoms with Crippen molar-refractivity contribution in [1.82, 2.24) is 5.43 Å². The van der Waals surface area contributed by atoms with Crippen molar-refractivity contribution >= 4 is 12.1 Å². The lowest BCUT2D eigenvalue weighted by molar-refractivity contribution is 0.0954. The molecular weight excluding hydrogens is 296 g/mol. The zero-order chi connectivity index (χ0) is 16.2. The third-order valence-electron chi connectivity index (χ3n) is 3.45. The number of hydrogen-bond acceptors (Lipinski definition) is 5. The number of methoxy groups -OCH3 is 1. The third kappa shape index (κ3) is 3.11. The standard InChI is InChI=1S/C17H16N2O4/c1-11-5-3-4-6-13(11)17(20)19-18-9-12-7-14(21-2)16-15(8-12)22-10-23-16/h3-9H,10H2,1-2H3,(H,19,20)/b18-9-. The molecule has 2 aromatic rings. The molecule has 1 amide bonds. The van der Waals surface area contributed by atoms with Gasteiger partial charge in [0.05, 0.1) is 13.3 Å². The number of fused-ring (bicyclic) bond motifs is 1. The van der Waals surface area contributed by atoms with Gasteiger partial charge in [-0.3, -0.25) is 4.79 Å². The molecule has 6 heteroatoms. The first-order valence-electron chi connectivity index (χ1n) is 7.05. The highest BCUT2D eigenvalue weighted by atomic mass is 16.7. The van der Waals surface area contributed by atoms with Crippen LogP contribution in [0.3, 0.4) is 0 Å². The second kappa shape index (κ2) is 6.39. The van der Waals surface area contributed by atoms with Crippen molar-refractivity contribution in [3.63, 3.8) is 0 Å². The molecule has 1 heterocycles. The Morgan fingerprint density at radius 1 is 1.30 bits per heavy atom. The first-order valence-corrected chi connectivity index (χ1v) is 7.05. The fourth-order valence-electron chi connectivity index (χ4n) is 2.28. The fraction of sp³-hybridized carbons (Fsp3) is 0.176. The number of hydrogen-bond donors (Lipinski definition) is 1. The molecule has 2 aromatic carbocycles. The van der Waals surface area contributed by atoms with Crippen LogP contribution in [0.25, 0.3) is 0 Å². The van der Waals surface area contributed by atoms with Gasteiger partial charge in [0, 0.05) is 11.1 Å². The average Bonchev–Trinajstić information content (AvgIpc) is 3.03. The van der Waals surface area contributed by atoms with Crippen molar-refractivity contribution in [2.75, 3.05) is 13.9 Å². The summed E-state index contributed by atoms with van der Waals surface area (Å²) >= 11 is 0. The van der Waals surface area contributed by atoms with Gasteiger partial charge in [-0.15, -0.1) is 0 Å². The molecule has 0 fully saturated rings. The van der Waals surface area contributed by atoms with Crippen LogP contribution < -0.4 is 19.6 Å². The van der Waals surface area contributed by atoms with Gasteiger partial charge in [-0.05, 0) is 30.7 Å². The number of nitrogens with zero attached hydrogens (tertiary/aromatic N) is 1. The number of rotatable bonds is 4. The number of nitrogens with one attached hydrogen (secondary N) is 1. The quantitative estimate of drug-likeness (QED) is 0.695. The molecule has 0 aliphatic carbocycles. The predicted molar refractivity (Wildman–Crippen MR) is 85.4 cm³/mol. The Labute approximate surface area is 133 Å². The van der Waals surface area contributed by atoms with Gasteiger partial charge in [-0.2, -0.15) is 5.10 Å². The normalized spacial score (nSPS) is 12.4. The van der Waals surface area contributed by atoms with E-state index in [1.54, 1.807) is 25.3 Å². The molecule has 0 bridgehead atoms. The minimum atomic E-state index is -0.257. The summed E-state index contributed by atoms with van der Waals surface area (Å²) < 4.78 is 15.9. The largest absolute Gasteiger partial charge is 0.493 e. The smallest absolute Gasteiger partial charge is 0.271 e. The second-order valence-electron chi connectivity index (χ2n) is 4.97. The van der Waals surface area contributed by atoms with E-state index in [-0.39, 0.29) is 12.7 Å². The number of benzene rings is 2. The van der Waals surface area contributed by atoms with Gasteiger partial charge in [-0.1, -0.05) is 18.2 Å². The highest BCUT2D eigenvalue weighted by Crippen LogP contribution is 2.41. The average molecular weight is 312 g/mol. The Balaban J connectivity index is 1.74. The molecule has 1 aliphatic heterocycles. The number of aryl methyl sites for hydroxylation is 1. The SMILES string of the molecule is COc1cc(/C=N\NC(=O)c2ccccc2C)cc2c1OCO2. The van der Waals surface area contributed by atoms with Crippen LogP contribution in [0.1, 0.15) is 21.5 Å². The van der Waals surface area contributed by atoms with E-state index in [1.807, 2.05) is 25.1 Å². The summed E-state index contributed by atoms with van der Waals surface area (Å²) in [4.78, 5) is 12.1. The molecule has 0 saturated heterocycles. The van der Waals surface area contributed by atoms with Gasteiger partial charge in [0.25, 0.3) is 5.91 Å². The Morgan fingerprint density at radius 3 is 2.91 bits per heavy atom. The van der Waals surface area contributed by atoms with Gasteiger partial charge in [0.15, 0.2) is 11.5 Å². The lowest BCUT2D eigenvalue weighted by atomic mass is 10.1. The summed E-state index contributed by atoms with van der Waals surface area (Å²) in [7, 11) is 1.55. The number of carbonyl (C=O) groups is 1. The van der Waals surface area contributed by atoms with Gasteiger partial charge >= 0.3 is 0 Å². The van der Waals surface area contributed by atoms with E-state index in [1.165, 1.54) is 6.21 Å². The van der Waals surface area contributed by atoms with Crippen molar-refractivity contribution < 1.29 is 19.0 Å². The molecule has 0 spiro atoms. The highest BCUT2D eigenvalue weighted by Gasteiger charge is 2.19. The van der Waals surface area contributed by atoms with Crippen LogP contribution in [0.4, 0.5) is 0 Å². The van der Waals surface area contributed by atoms with Crippen LogP contribution in [0.15, 0.2) is 41.5 Å². The highest BCUT2D eigenvalue weighted by molar-refractivity contribution is 5.96. The van der Waals surface area contributed by atoms with E-state index in [2.05, 4.69) is 10.5 Å². The van der Waals surface area contributed by atoms with Crippen LogP contribution in [0.2, 0.25) is 0 Å². The van der Waals surface area contributed by atoms with Crippen molar-refractivity contribution in [3.8, 4) is 17.2 Å². The number of ether oxygens (including phenoxy) is 3. The van der Waals surface area contributed by atoms with E-state index in [4.69, 9.17) is 14.2 Å². The lowest BCUT2D eigenvalue weighted by Gasteiger charge is -2.06. The predicted octanol–water partition coefficient (Wildman–Crippen LogP) is 2.50. The van der Waals surface area contributed by atoms with E-state index >= 15 is 0 Å². The minimum Gasteiger partial charge on any atom is -0.493 e. The first kappa shape index (κ1) is 14.9. The van der Waals surface area contributed by atoms with Crippen LogP contribution in [0, 0.1) is 6.92 Å². The molecule has 23 heavy (non-hydrogen) atoms. The third-order valence-corrected chi connectivity index (χ3v) is 3.45. The zero-order valence-electron chi connectivity index (χ0n) is 12.8. The van der Waals surface area contributed by atoms with Crippen molar-refractivity contribution in [2.45, 2.75) is 6.92 Å². The van der Waals surface area contributed by atoms with Crippen LogP contribution in [-0.4, -0.2) is 26.0 Å². The number of hydrazone groups is 1. The van der Waals surface area contributed by atoms with Crippen molar-refractivity contribution in [3.05, 3.63) is 53.1 Å². The van der Waals surface area contributed by atoms with Gasteiger partial charge in [0.2, 0.25) is 12.5 Å².